The molecule has 0 unspecified atom stereocenters. The number of hydrogen-bond acceptors (Lipinski definition) is 1. The van der Waals surface area contributed by atoms with Crippen LogP contribution in [0.15, 0.2) is 42.5 Å². The quantitative estimate of drug-likeness (QED) is 0.811. The van der Waals surface area contributed by atoms with Gasteiger partial charge >= 0.3 is 0 Å². The van der Waals surface area contributed by atoms with Gasteiger partial charge in [-0.15, -0.1) is 0 Å². The van der Waals surface area contributed by atoms with Crippen molar-refractivity contribution < 1.29 is 9.18 Å². The van der Waals surface area contributed by atoms with E-state index in [4.69, 9.17) is 0 Å². The molecule has 0 aliphatic carbocycles. The van der Waals surface area contributed by atoms with E-state index in [2.05, 4.69) is 27.9 Å². The zero-order valence-corrected chi connectivity index (χ0v) is 11.9. The summed E-state index contributed by atoms with van der Waals surface area (Å²) in [5.74, 6) is -0.954. The van der Waals surface area contributed by atoms with Crippen molar-refractivity contribution in [2.24, 2.45) is 0 Å². The maximum Gasteiger partial charge on any atom is 0.258 e. The monoisotopic (exact) mass is 355 g/mol. The van der Waals surface area contributed by atoms with Crippen LogP contribution in [-0.2, 0) is 0 Å². The van der Waals surface area contributed by atoms with E-state index in [1.165, 1.54) is 12.1 Å². The summed E-state index contributed by atoms with van der Waals surface area (Å²) in [6.07, 6.45) is 0. The summed E-state index contributed by atoms with van der Waals surface area (Å²) in [7, 11) is 0. The summed E-state index contributed by atoms with van der Waals surface area (Å²) in [6, 6.07) is 11.5. The molecule has 0 radical (unpaired) electrons. The average molecular weight is 355 g/mol. The van der Waals surface area contributed by atoms with E-state index in [0.717, 1.165) is 9.13 Å². The number of aryl methyl sites for hydroxylation is 1. The van der Waals surface area contributed by atoms with Gasteiger partial charge in [0.15, 0.2) is 0 Å². The fourth-order valence-electron chi connectivity index (χ4n) is 1.51. The molecule has 0 aromatic heterocycles. The molecule has 2 aromatic carbocycles. The molecule has 1 amide bonds. The Bertz CT molecular complexity index is 598. The smallest absolute Gasteiger partial charge is 0.258 e. The number of hydrogen-bond donors (Lipinski definition) is 1. The van der Waals surface area contributed by atoms with Crippen molar-refractivity contribution in [2.45, 2.75) is 6.92 Å². The van der Waals surface area contributed by atoms with E-state index in [1.54, 1.807) is 18.2 Å². The van der Waals surface area contributed by atoms with Gasteiger partial charge < -0.3 is 5.32 Å². The second-order valence-electron chi connectivity index (χ2n) is 3.90. The minimum atomic E-state index is -0.517. The van der Waals surface area contributed by atoms with Crippen molar-refractivity contribution >= 4 is 34.2 Å². The summed E-state index contributed by atoms with van der Waals surface area (Å²) in [5, 5.41) is 2.68. The van der Waals surface area contributed by atoms with Crippen molar-refractivity contribution in [3.05, 3.63) is 63.0 Å². The third kappa shape index (κ3) is 2.87. The zero-order valence-electron chi connectivity index (χ0n) is 9.71. The molecule has 0 heterocycles. The molecule has 2 nitrogen and oxygen atoms in total. The lowest BCUT2D eigenvalue weighted by molar-refractivity contribution is 0.102. The van der Waals surface area contributed by atoms with Crippen LogP contribution in [0.4, 0.5) is 10.1 Å². The summed E-state index contributed by atoms with van der Waals surface area (Å²) in [5.41, 5.74) is 1.85. The molecule has 0 aliphatic rings. The summed E-state index contributed by atoms with van der Waals surface area (Å²) in [4.78, 5) is 11.9. The van der Waals surface area contributed by atoms with Gasteiger partial charge in [0, 0.05) is 9.26 Å². The largest absolute Gasteiger partial charge is 0.322 e. The van der Waals surface area contributed by atoms with Crippen molar-refractivity contribution in [3.63, 3.8) is 0 Å². The third-order valence-corrected chi connectivity index (χ3v) is 3.71. The van der Waals surface area contributed by atoms with E-state index in [-0.39, 0.29) is 5.56 Å². The SMILES string of the molecule is Cc1ccc(NC(=O)c2ccccc2F)cc1I. The van der Waals surface area contributed by atoms with E-state index in [9.17, 15) is 9.18 Å². The Balaban J connectivity index is 2.22. The Hall–Kier alpha value is -1.43. The lowest BCUT2D eigenvalue weighted by Crippen LogP contribution is -2.13. The zero-order chi connectivity index (χ0) is 13.1. The molecular formula is C14H11FINO. The van der Waals surface area contributed by atoms with Gasteiger partial charge in [-0.2, -0.15) is 0 Å². The number of rotatable bonds is 2. The normalized spacial score (nSPS) is 10.2. The second kappa shape index (κ2) is 5.48. The van der Waals surface area contributed by atoms with Crippen molar-refractivity contribution in [3.8, 4) is 0 Å². The first kappa shape index (κ1) is 13.0. The van der Waals surface area contributed by atoms with Crippen LogP contribution in [-0.4, -0.2) is 5.91 Å². The minimum Gasteiger partial charge on any atom is -0.322 e. The molecule has 0 spiro atoms. The Morgan fingerprint density at radius 3 is 2.61 bits per heavy atom. The van der Waals surface area contributed by atoms with Crippen LogP contribution in [0.5, 0.6) is 0 Å². The maximum absolute atomic E-state index is 13.4. The number of benzene rings is 2. The Morgan fingerprint density at radius 2 is 1.94 bits per heavy atom. The van der Waals surface area contributed by atoms with Gasteiger partial charge in [0.05, 0.1) is 5.56 Å². The van der Waals surface area contributed by atoms with Crippen LogP contribution in [0, 0.1) is 16.3 Å². The van der Waals surface area contributed by atoms with Crippen molar-refractivity contribution in [1.82, 2.24) is 0 Å². The van der Waals surface area contributed by atoms with Gasteiger partial charge in [-0.3, -0.25) is 4.79 Å². The Labute approximate surface area is 118 Å². The number of carbonyl (C=O) groups is 1. The fourth-order valence-corrected chi connectivity index (χ4v) is 2.03. The highest BCUT2D eigenvalue weighted by molar-refractivity contribution is 14.1. The minimum absolute atomic E-state index is 0.0492. The second-order valence-corrected chi connectivity index (χ2v) is 5.06. The van der Waals surface area contributed by atoms with Crippen molar-refractivity contribution in [1.29, 1.82) is 0 Å². The first-order chi connectivity index (χ1) is 8.58. The first-order valence-corrected chi connectivity index (χ1v) is 6.48. The highest BCUT2D eigenvalue weighted by Gasteiger charge is 2.11. The molecule has 0 aliphatic heterocycles. The number of halogens is 2. The third-order valence-electron chi connectivity index (χ3n) is 2.55. The van der Waals surface area contributed by atoms with Gasteiger partial charge in [-0.25, -0.2) is 4.39 Å². The van der Waals surface area contributed by atoms with E-state index in [1.807, 2.05) is 19.1 Å². The average Bonchev–Trinajstić information content (AvgIpc) is 2.34. The molecule has 92 valence electrons. The van der Waals surface area contributed by atoms with Gasteiger partial charge in [-0.05, 0) is 59.3 Å². The standard InChI is InChI=1S/C14H11FINO/c1-9-6-7-10(8-13(9)16)17-14(18)11-4-2-3-5-12(11)15/h2-8H,1H3,(H,17,18). The molecule has 2 aromatic rings. The summed E-state index contributed by atoms with van der Waals surface area (Å²) < 4.78 is 14.5. The molecule has 2 rings (SSSR count). The van der Waals surface area contributed by atoms with Crippen LogP contribution >= 0.6 is 22.6 Å². The molecule has 1 N–H and O–H groups in total. The van der Waals surface area contributed by atoms with Gasteiger partial charge in [0.1, 0.15) is 5.82 Å². The van der Waals surface area contributed by atoms with Crippen LogP contribution < -0.4 is 5.32 Å². The van der Waals surface area contributed by atoms with E-state index < -0.39 is 11.7 Å². The maximum atomic E-state index is 13.4. The van der Waals surface area contributed by atoms with Gasteiger partial charge in [0.25, 0.3) is 5.91 Å². The van der Waals surface area contributed by atoms with E-state index in [0.29, 0.717) is 5.69 Å². The predicted octanol–water partition coefficient (Wildman–Crippen LogP) is 3.99. The van der Waals surface area contributed by atoms with Gasteiger partial charge in [-0.1, -0.05) is 18.2 Å². The molecule has 4 heteroatoms. The van der Waals surface area contributed by atoms with Gasteiger partial charge in [0.2, 0.25) is 0 Å². The predicted molar refractivity (Wildman–Crippen MR) is 78.2 cm³/mol. The summed E-state index contributed by atoms with van der Waals surface area (Å²) >= 11 is 2.19. The van der Waals surface area contributed by atoms with Crippen LogP contribution in [0.25, 0.3) is 0 Å². The lowest BCUT2D eigenvalue weighted by atomic mass is 10.2. The number of carbonyl (C=O) groups excluding carboxylic acids is 1. The Morgan fingerprint density at radius 1 is 1.22 bits per heavy atom. The molecular weight excluding hydrogens is 344 g/mol. The lowest BCUT2D eigenvalue weighted by Gasteiger charge is -2.07. The number of nitrogens with one attached hydrogen (secondary N) is 1. The molecule has 18 heavy (non-hydrogen) atoms. The summed E-state index contributed by atoms with van der Waals surface area (Å²) in [6.45, 7) is 1.99. The number of anilines is 1. The molecule has 0 fully saturated rings. The molecule has 0 saturated carbocycles. The first-order valence-electron chi connectivity index (χ1n) is 5.40. The molecule has 0 bridgehead atoms. The van der Waals surface area contributed by atoms with Crippen molar-refractivity contribution in [2.75, 3.05) is 5.32 Å². The Kier molecular flexibility index (Phi) is 3.96. The number of amides is 1. The topological polar surface area (TPSA) is 29.1 Å². The van der Waals surface area contributed by atoms with Crippen LogP contribution in [0.1, 0.15) is 15.9 Å². The highest BCUT2D eigenvalue weighted by atomic mass is 127. The fraction of sp³-hybridized carbons (Fsp3) is 0.0714. The molecule has 0 saturated heterocycles. The highest BCUT2D eigenvalue weighted by Crippen LogP contribution is 2.18. The molecule has 0 atom stereocenters. The van der Waals surface area contributed by atoms with Crippen LogP contribution in [0.2, 0.25) is 0 Å². The van der Waals surface area contributed by atoms with E-state index >= 15 is 0 Å². The van der Waals surface area contributed by atoms with Crippen LogP contribution in [0.3, 0.4) is 0 Å².